The first-order chi connectivity index (χ1) is 9.25. The molecule has 4 nitrogen and oxygen atoms in total. The highest BCUT2D eigenvalue weighted by Crippen LogP contribution is 2.04. The minimum atomic E-state index is 0.200. The van der Waals surface area contributed by atoms with Gasteiger partial charge in [0.1, 0.15) is 0 Å². The number of benzene rings is 1. The standard InChI is InChI=1S/C15H23N3O/c1-17(12-14-6-3-2-4-7-14)15(19)13-18-10-5-8-16-9-11-18/h2-4,6-7,16H,5,8-13H2,1H3. The SMILES string of the molecule is CN(Cc1ccccc1)C(=O)CN1CCCNCC1. The third-order valence-corrected chi connectivity index (χ3v) is 3.48. The molecule has 1 aliphatic heterocycles. The van der Waals surface area contributed by atoms with Crippen LogP contribution in [-0.4, -0.2) is 55.5 Å². The van der Waals surface area contributed by atoms with Crippen molar-refractivity contribution in [3.05, 3.63) is 35.9 Å². The van der Waals surface area contributed by atoms with Gasteiger partial charge in [-0.05, 0) is 25.1 Å². The second-order valence-electron chi connectivity index (χ2n) is 5.12. The van der Waals surface area contributed by atoms with Crippen molar-refractivity contribution >= 4 is 5.91 Å². The Kier molecular flexibility index (Phi) is 5.36. The summed E-state index contributed by atoms with van der Waals surface area (Å²) in [6.07, 6.45) is 1.12. The second kappa shape index (κ2) is 7.26. The molecule has 104 valence electrons. The first kappa shape index (κ1) is 14.0. The van der Waals surface area contributed by atoms with Crippen molar-refractivity contribution in [2.45, 2.75) is 13.0 Å². The van der Waals surface area contributed by atoms with E-state index in [4.69, 9.17) is 0 Å². The van der Waals surface area contributed by atoms with Gasteiger partial charge in [-0.2, -0.15) is 0 Å². The van der Waals surface area contributed by atoms with Crippen LogP contribution in [0.15, 0.2) is 30.3 Å². The predicted molar refractivity (Wildman–Crippen MR) is 76.8 cm³/mol. The van der Waals surface area contributed by atoms with Crippen LogP contribution in [0, 0.1) is 0 Å². The van der Waals surface area contributed by atoms with E-state index in [0.717, 1.165) is 32.6 Å². The van der Waals surface area contributed by atoms with Gasteiger partial charge in [0.2, 0.25) is 5.91 Å². The van der Waals surface area contributed by atoms with E-state index in [1.54, 1.807) is 0 Å². The molecule has 1 aliphatic rings. The van der Waals surface area contributed by atoms with Crippen molar-refractivity contribution in [2.75, 3.05) is 39.8 Å². The van der Waals surface area contributed by atoms with Gasteiger partial charge in [0.05, 0.1) is 6.54 Å². The summed E-state index contributed by atoms with van der Waals surface area (Å²) in [6, 6.07) is 10.1. The molecule has 0 aromatic heterocycles. The van der Waals surface area contributed by atoms with E-state index < -0.39 is 0 Å². The molecule has 0 aliphatic carbocycles. The Bertz CT molecular complexity index is 386. The fourth-order valence-corrected chi connectivity index (χ4v) is 2.32. The molecular weight excluding hydrogens is 238 g/mol. The van der Waals surface area contributed by atoms with Gasteiger partial charge in [0, 0.05) is 26.7 Å². The Hall–Kier alpha value is -1.39. The Balaban J connectivity index is 1.81. The number of amides is 1. The molecule has 1 aromatic rings. The van der Waals surface area contributed by atoms with Gasteiger partial charge in [-0.1, -0.05) is 30.3 Å². The van der Waals surface area contributed by atoms with E-state index in [0.29, 0.717) is 13.1 Å². The van der Waals surface area contributed by atoms with Crippen LogP contribution < -0.4 is 5.32 Å². The molecule has 2 rings (SSSR count). The third-order valence-electron chi connectivity index (χ3n) is 3.48. The summed E-state index contributed by atoms with van der Waals surface area (Å²) >= 11 is 0. The van der Waals surface area contributed by atoms with Gasteiger partial charge in [-0.3, -0.25) is 9.69 Å². The molecule has 19 heavy (non-hydrogen) atoms. The van der Waals surface area contributed by atoms with Crippen molar-refractivity contribution < 1.29 is 4.79 Å². The third kappa shape index (κ3) is 4.65. The lowest BCUT2D eigenvalue weighted by atomic mass is 10.2. The number of nitrogens with zero attached hydrogens (tertiary/aromatic N) is 2. The van der Waals surface area contributed by atoms with Gasteiger partial charge in [-0.15, -0.1) is 0 Å². The molecule has 0 saturated carbocycles. The van der Waals surface area contributed by atoms with Crippen LogP contribution in [0.5, 0.6) is 0 Å². The van der Waals surface area contributed by atoms with E-state index in [-0.39, 0.29) is 5.91 Å². The zero-order valence-electron chi connectivity index (χ0n) is 11.6. The number of carbonyl (C=O) groups is 1. The lowest BCUT2D eigenvalue weighted by Gasteiger charge is -2.23. The first-order valence-corrected chi connectivity index (χ1v) is 6.96. The van der Waals surface area contributed by atoms with Crippen LogP contribution in [0.3, 0.4) is 0 Å². The van der Waals surface area contributed by atoms with Crippen molar-refractivity contribution in [3.8, 4) is 0 Å². The zero-order valence-corrected chi connectivity index (χ0v) is 11.6. The Labute approximate surface area is 115 Å². The number of nitrogens with one attached hydrogen (secondary N) is 1. The first-order valence-electron chi connectivity index (χ1n) is 6.96. The molecule has 1 aromatic carbocycles. The van der Waals surface area contributed by atoms with Crippen molar-refractivity contribution in [3.63, 3.8) is 0 Å². The second-order valence-corrected chi connectivity index (χ2v) is 5.12. The van der Waals surface area contributed by atoms with Crippen molar-refractivity contribution in [1.29, 1.82) is 0 Å². The highest BCUT2D eigenvalue weighted by atomic mass is 16.2. The number of likely N-dealkylation sites (N-methyl/N-ethyl adjacent to an activating group) is 1. The zero-order chi connectivity index (χ0) is 13.5. The summed E-state index contributed by atoms with van der Waals surface area (Å²) in [7, 11) is 1.88. The van der Waals surface area contributed by atoms with Crippen molar-refractivity contribution in [1.82, 2.24) is 15.1 Å². The molecule has 0 atom stereocenters. The smallest absolute Gasteiger partial charge is 0.236 e. The number of rotatable bonds is 4. The van der Waals surface area contributed by atoms with Gasteiger partial charge >= 0.3 is 0 Å². The number of carbonyl (C=O) groups excluding carboxylic acids is 1. The molecule has 1 heterocycles. The monoisotopic (exact) mass is 261 g/mol. The Morgan fingerprint density at radius 2 is 2.05 bits per heavy atom. The number of hydrogen-bond donors (Lipinski definition) is 1. The molecule has 0 bridgehead atoms. The predicted octanol–water partition coefficient (Wildman–Crippen LogP) is 0.940. The van der Waals surface area contributed by atoms with Crippen LogP contribution in [-0.2, 0) is 11.3 Å². The van der Waals surface area contributed by atoms with Gasteiger partial charge < -0.3 is 10.2 Å². The average molecular weight is 261 g/mol. The summed E-state index contributed by atoms with van der Waals surface area (Å²) in [5.74, 6) is 0.200. The van der Waals surface area contributed by atoms with Crippen LogP contribution in [0.1, 0.15) is 12.0 Å². The van der Waals surface area contributed by atoms with Crippen molar-refractivity contribution in [2.24, 2.45) is 0 Å². The molecule has 0 spiro atoms. The van der Waals surface area contributed by atoms with E-state index >= 15 is 0 Å². The normalized spacial score (nSPS) is 16.9. The quantitative estimate of drug-likeness (QED) is 0.876. The molecule has 4 heteroatoms. The van der Waals surface area contributed by atoms with Gasteiger partial charge in [-0.25, -0.2) is 0 Å². The van der Waals surface area contributed by atoms with E-state index in [1.165, 1.54) is 5.56 Å². The molecule has 0 unspecified atom stereocenters. The summed E-state index contributed by atoms with van der Waals surface area (Å²) in [5.41, 5.74) is 1.18. The molecule has 0 radical (unpaired) electrons. The largest absolute Gasteiger partial charge is 0.340 e. The fraction of sp³-hybridized carbons (Fsp3) is 0.533. The number of hydrogen-bond acceptors (Lipinski definition) is 3. The maximum atomic E-state index is 12.2. The van der Waals surface area contributed by atoms with Gasteiger partial charge in [0.25, 0.3) is 0 Å². The highest BCUT2D eigenvalue weighted by Gasteiger charge is 2.15. The summed E-state index contributed by atoms with van der Waals surface area (Å²) in [5, 5.41) is 3.35. The minimum absolute atomic E-state index is 0.200. The minimum Gasteiger partial charge on any atom is -0.340 e. The van der Waals surface area contributed by atoms with E-state index in [9.17, 15) is 4.79 Å². The Morgan fingerprint density at radius 1 is 1.26 bits per heavy atom. The molecule has 1 fully saturated rings. The topological polar surface area (TPSA) is 35.6 Å². The average Bonchev–Trinajstić information content (AvgIpc) is 2.68. The van der Waals surface area contributed by atoms with Gasteiger partial charge in [0.15, 0.2) is 0 Å². The van der Waals surface area contributed by atoms with Crippen LogP contribution >= 0.6 is 0 Å². The summed E-state index contributed by atoms with van der Waals surface area (Å²) in [6.45, 7) is 5.24. The van der Waals surface area contributed by atoms with Crippen LogP contribution in [0.25, 0.3) is 0 Å². The molecule has 1 amide bonds. The fourth-order valence-electron chi connectivity index (χ4n) is 2.32. The lowest BCUT2D eigenvalue weighted by molar-refractivity contribution is -0.131. The maximum Gasteiger partial charge on any atom is 0.236 e. The van der Waals surface area contributed by atoms with E-state index in [2.05, 4.69) is 22.3 Å². The lowest BCUT2D eigenvalue weighted by Crippen LogP contribution is -2.39. The van der Waals surface area contributed by atoms with Crippen LogP contribution in [0.4, 0.5) is 0 Å². The highest BCUT2D eigenvalue weighted by molar-refractivity contribution is 5.78. The molecular formula is C15H23N3O. The van der Waals surface area contributed by atoms with Crippen LogP contribution in [0.2, 0.25) is 0 Å². The van der Waals surface area contributed by atoms with E-state index in [1.807, 2.05) is 30.1 Å². The molecule has 1 N–H and O–H groups in total. The Morgan fingerprint density at radius 3 is 2.84 bits per heavy atom. The molecule has 1 saturated heterocycles. The summed E-state index contributed by atoms with van der Waals surface area (Å²) < 4.78 is 0. The maximum absolute atomic E-state index is 12.2. The summed E-state index contributed by atoms with van der Waals surface area (Å²) in [4.78, 5) is 16.2.